The van der Waals surface area contributed by atoms with Gasteiger partial charge in [-0.2, -0.15) is 5.10 Å². The Kier molecular flexibility index (Phi) is 2.62. The third kappa shape index (κ3) is 1.87. The second-order valence-electron chi connectivity index (χ2n) is 5.84. The third-order valence-corrected chi connectivity index (χ3v) is 4.21. The summed E-state index contributed by atoms with van der Waals surface area (Å²) in [6, 6.07) is 3.65. The first-order valence-corrected chi connectivity index (χ1v) is 7.13. The molecule has 6 heteroatoms. The smallest absolute Gasteiger partial charge is 0.345 e. The fourth-order valence-electron chi connectivity index (χ4n) is 2.21. The minimum absolute atomic E-state index is 0.167. The molecule has 0 aliphatic carbocycles. The minimum Gasteiger partial charge on any atom is -0.477 e. The highest BCUT2D eigenvalue weighted by Gasteiger charge is 2.21. The van der Waals surface area contributed by atoms with E-state index in [4.69, 9.17) is 5.11 Å². The second kappa shape index (κ2) is 4.02. The van der Waals surface area contributed by atoms with Crippen LogP contribution >= 0.6 is 11.3 Å². The van der Waals surface area contributed by atoms with Crippen LogP contribution in [-0.4, -0.2) is 25.8 Å². The van der Waals surface area contributed by atoms with Crippen molar-refractivity contribution in [1.29, 1.82) is 0 Å². The van der Waals surface area contributed by atoms with E-state index in [1.165, 1.54) is 11.3 Å². The number of nitrogens with zero attached hydrogens (tertiary/aromatic N) is 3. The molecule has 1 N–H and O–H groups in total. The summed E-state index contributed by atoms with van der Waals surface area (Å²) >= 11 is 1.20. The van der Waals surface area contributed by atoms with Crippen LogP contribution in [0, 0.1) is 6.92 Å². The van der Waals surface area contributed by atoms with Gasteiger partial charge in [0.15, 0.2) is 5.65 Å². The van der Waals surface area contributed by atoms with E-state index in [0.29, 0.717) is 4.88 Å². The third-order valence-electron chi connectivity index (χ3n) is 3.17. The Labute approximate surface area is 119 Å². The lowest BCUT2D eigenvalue weighted by atomic mass is 10.1. The van der Waals surface area contributed by atoms with Crippen molar-refractivity contribution in [1.82, 2.24) is 14.8 Å². The molecule has 5 nitrogen and oxygen atoms in total. The van der Waals surface area contributed by atoms with Gasteiger partial charge in [-0.25, -0.2) is 14.5 Å². The lowest BCUT2D eigenvalue weighted by Gasteiger charge is -2.19. The molecule has 0 aliphatic heterocycles. The van der Waals surface area contributed by atoms with E-state index >= 15 is 0 Å². The Morgan fingerprint density at radius 3 is 2.65 bits per heavy atom. The van der Waals surface area contributed by atoms with Crippen LogP contribution < -0.4 is 0 Å². The van der Waals surface area contributed by atoms with Crippen molar-refractivity contribution in [3.8, 4) is 0 Å². The number of thiophene rings is 1. The lowest BCUT2D eigenvalue weighted by molar-refractivity contribution is 0.0702. The van der Waals surface area contributed by atoms with Crippen molar-refractivity contribution in [3.05, 3.63) is 22.7 Å². The Balaban J connectivity index is 2.37. The van der Waals surface area contributed by atoms with E-state index < -0.39 is 5.97 Å². The standard InChI is InChI=1S/C14H15N3O2S/c1-7-9-5-8-6-10(13(18)19)20-12(8)15-11(9)17(16-7)14(2,3)4/h5-6H,1-4H3,(H,18,19). The zero-order valence-electron chi connectivity index (χ0n) is 11.8. The highest BCUT2D eigenvalue weighted by molar-refractivity contribution is 7.20. The van der Waals surface area contributed by atoms with Crippen LogP contribution in [0.4, 0.5) is 0 Å². The summed E-state index contributed by atoms with van der Waals surface area (Å²) in [6.07, 6.45) is 0. The van der Waals surface area contributed by atoms with Gasteiger partial charge in [0.25, 0.3) is 0 Å². The van der Waals surface area contributed by atoms with Crippen LogP contribution in [0.5, 0.6) is 0 Å². The first-order valence-electron chi connectivity index (χ1n) is 6.31. The maximum absolute atomic E-state index is 11.1. The Hall–Kier alpha value is -1.95. The number of carboxylic acid groups (broad SMARTS) is 1. The summed E-state index contributed by atoms with van der Waals surface area (Å²) in [7, 11) is 0. The van der Waals surface area contributed by atoms with Gasteiger partial charge in [-0.3, -0.25) is 0 Å². The SMILES string of the molecule is Cc1nn(C(C)(C)C)c2nc3sc(C(=O)O)cc3cc12. The van der Waals surface area contributed by atoms with Gasteiger partial charge in [0.1, 0.15) is 9.71 Å². The number of carbonyl (C=O) groups is 1. The summed E-state index contributed by atoms with van der Waals surface area (Å²) in [5.74, 6) is -0.911. The van der Waals surface area contributed by atoms with Crippen LogP contribution in [0.15, 0.2) is 12.1 Å². The molecule has 0 radical (unpaired) electrons. The predicted molar refractivity (Wildman–Crippen MR) is 79.6 cm³/mol. The summed E-state index contributed by atoms with van der Waals surface area (Å²) in [5.41, 5.74) is 1.55. The van der Waals surface area contributed by atoms with Crippen LogP contribution in [0.3, 0.4) is 0 Å². The molecule has 0 aromatic carbocycles. The van der Waals surface area contributed by atoms with Crippen molar-refractivity contribution in [2.45, 2.75) is 33.2 Å². The summed E-state index contributed by atoms with van der Waals surface area (Å²) in [4.78, 5) is 16.7. The highest BCUT2D eigenvalue weighted by Crippen LogP contribution is 2.30. The normalized spacial score (nSPS) is 12.4. The second-order valence-corrected chi connectivity index (χ2v) is 6.87. The molecule has 3 aromatic heterocycles. The molecule has 0 unspecified atom stereocenters. The zero-order valence-corrected chi connectivity index (χ0v) is 12.6. The van der Waals surface area contributed by atoms with Gasteiger partial charge >= 0.3 is 5.97 Å². The zero-order chi connectivity index (χ0) is 14.7. The molecule has 3 aromatic rings. The molecule has 0 bridgehead atoms. The molecule has 0 saturated heterocycles. The molecule has 104 valence electrons. The fraction of sp³-hybridized carbons (Fsp3) is 0.357. The number of hydrogen-bond acceptors (Lipinski definition) is 4. The molecule has 0 atom stereocenters. The number of aromatic nitrogens is 3. The average molecular weight is 289 g/mol. The largest absolute Gasteiger partial charge is 0.477 e. The number of fused-ring (bicyclic) bond motifs is 2. The molecular weight excluding hydrogens is 274 g/mol. The van der Waals surface area contributed by atoms with Gasteiger partial charge in [-0.15, -0.1) is 11.3 Å². The molecule has 0 saturated carbocycles. The van der Waals surface area contributed by atoms with Crippen LogP contribution in [0.2, 0.25) is 0 Å². The van der Waals surface area contributed by atoms with Gasteiger partial charge in [-0.05, 0) is 39.8 Å². The maximum Gasteiger partial charge on any atom is 0.345 e. The van der Waals surface area contributed by atoms with Gasteiger partial charge in [0.05, 0.1) is 11.2 Å². The van der Waals surface area contributed by atoms with Crippen LogP contribution in [0.1, 0.15) is 36.1 Å². The summed E-state index contributed by atoms with van der Waals surface area (Å²) in [6.45, 7) is 8.16. The number of rotatable bonds is 1. The van der Waals surface area contributed by atoms with Crippen molar-refractivity contribution in [2.75, 3.05) is 0 Å². The lowest BCUT2D eigenvalue weighted by Crippen LogP contribution is -2.23. The number of pyridine rings is 1. The first-order chi connectivity index (χ1) is 9.27. The van der Waals surface area contributed by atoms with Gasteiger partial charge in [0, 0.05) is 10.8 Å². The van der Waals surface area contributed by atoms with E-state index in [1.54, 1.807) is 6.07 Å². The molecule has 0 amide bonds. The van der Waals surface area contributed by atoms with Crippen molar-refractivity contribution in [2.24, 2.45) is 0 Å². The fourth-order valence-corrected chi connectivity index (χ4v) is 3.06. The topological polar surface area (TPSA) is 68.0 Å². The van der Waals surface area contributed by atoms with E-state index in [9.17, 15) is 4.79 Å². The number of aromatic carboxylic acids is 1. The van der Waals surface area contributed by atoms with E-state index in [1.807, 2.05) is 17.7 Å². The molecule has 3 heterocycles. The Morgan fingerprint density at radius 1 is 1.35 bits per heavy atom. The van der Waals surface area contributed by atoms with E-state index in [2.05, 4.69) is 30.9 Å². The molecule has 3 rings (SSSR count). The molecule has 0 aliphatic rings. The molecule has 20 heavy (non-hydrogen) atoms. The van der Waals surface area contributed by atoms with E-state index in [0.717, 1.165) is 26.9 Å². The quantitative estimate of drug-likeness (QED) is 0.745. The first kappa shape index (κ1) is 13.1. The van der Waals surface area contributed by atoms with Gasteiger partial charge in [-0.1, -0.05) is 0 Å². The average Bonchev–Trinajstić information content (AvgIpc) is 2.88. The molecule has 0 fully saturated rings. The molecule has 0 spiro atoms. The van der Waals surface area contributed by atoms with Gasteiger partial charge < -0.3 is 5.11 Å². The summed E-state index contributed by atoms with van der Waals surface area (Å²) in [5, 5.41) is 15.5. The van der Waals surface area contributed by atoms with Crippen molar-refractivity contribution in [3.63, 3.8) is 0 Å². The van der Waals surface area contributed by atoms with Crippen molar-refractivity contribution >= 4 is 38.6 Å². The number of carboxylic acids is 1. The Bertz CT molecular complexity index is 839. The van der Waals surface area contributed by atoms with Crippen molar-refractivity contribution < 1.29 is 9.90 Å². The number of hydrogen-bond donors (Lipinski definition) is 1. The van der Waals surface area contributed by atoms with Crippen LogP contribution in [-0.2, 0) is 5.54 Å². The monoisotopic (exact) mass is 289 g/mol. The highest BCUT2D eigenvalue weighted by atomic mass is 32.1. The van der Waals surface area contributed by atoms with Crippen LogP contribution in [0.25, 0.3) is 21.3 Å². The Morgan fingerprint density at radius 2 is 2.05 bits per heavy atom. The minimum atomic E-state index is -0.911. The maximum atomic E-state index is 11.1. The summed E-state index contributed by atoms with van der Waals surface area (Å²) < 4.78 is 1.90. The predicted octanol–water partition coefficient (Wildman–Crippen LogP) is 3.41. The molecular formula is C14H15N3O2S. The van der Waals surface area contributed by atoms with E-state index in [-0.39, 0.29) is 5.54 Å². The number of aryl methyl sites for hydroxylation is 1. The van der Waals surface area contributed by atoms with Gasteiger partial charge in [0.2, 0.25) is 0 Å².